The van der Waals surface area contributed by atoms with Crippen LogP contribution in [0.1, 0.15) is 137 Å². The maximum Gasteiger partial charge on any atom is 0.407 e. The molecule has 4 N–H and O–H groups in total. The smallest absolute Gasteiger partial charge is 0.407 e. The number of aromatic nitrogens is 4. The first-order chi connectivity index (χ1) is 37.8. The Bertz CT molecular complexity index is 3070. The fourth-order valence-electron chi connectivity index (χ4n) is 12.7. The number of halogens is 2. The molecule has 0 spiro atoms. The number of imidazole rings is 2. The molecule has 4 amide bonds. The van der Waals surface area contributed by atoms with Crippen molar-refractivity contribution < 1.29 is 37.4 Å². The van der Waals surface area contributed by atoms with E-state index in [1.165, 1.54) is 37.1 Å². The van der Waals surface area contributed by atoms with E-state index >= 15 is 8.78 Å². The van der Waals surface area contributed by atoms with Gasteiger partial charge in [0.2, 0.25) is 11.8 Å². The fraction of sp³-hybridized carbons (Fsp3) is 0.500. The van der Waals surface area contributed by atoms with E-state index in [2.05, 4.69) is 81.5 Å². The minimum absolute atomic E-state index is 0.00336. The molecule has 19 heteroatoms. The van der Waals surface area contributed by atoms with Gasteiger partial charge in [0.1, 0.15) is 29.4 Å². The van der Waals surface area contributed by atoms with Crippen LogP contribution < -0.4 is 25.6 Å². The Kier molecular flexibility index (Phi) is 15.8. The standard InChI is InChI=1S/C60H76F2N10O6Si/c1-34(2)52(67-59(75)77-5)57(73)70-25-11-15-50(70)55-63-44-19-17-38(30-46(44)65-55)48-21-22-49(39-18-20-45-47(31-39)66-56(64-45)51-16-12-26-71(51)58(74)53(35(3)4)68-60(76)78-6)72(48)40-32-42(61)54(43(62)33-40)69-27-23-36(24-28-69)37-13-10-14-41(29-37)79(7,8)9/h10,13-14,17-20,29-36,48-53H,11-12,15-16,21-28H2,1-9H3,(H,63,65)(H,64,66)(H,67,75)(H,68,76)/t48-,49-,50+,51?,52+,53+/m1/s1. The Balaban J connectivity index is 0.962. The van der Waals surface area contributed by atoms with E-state index < -0.39 is 44.0 Å². The highest BCUT2D eigenvalue weighted by Gasteiger charge is 2.41. The molecule has 4 aliphatic heterocycles. The molecule has 16 nitrogen and oxygen atoms in total. The number of carbonyl (C=O) groups excluding carboxylic acids is 4. The summed E-state index contributed by atoms with van der Waals surface area (Å²) in [4.78, 5) is 77.3. The second-order valence-electron chi connectivity index (χ2n) is 23.8. The average Bonchev–Trinajstić information content (AvgIpc) is 4.51. The summed E-state index contributed by atoms with van der Waals surface area (Å²) in [6, 6.07) is 21.3. The number of benzene rings is 4. The Morgan fingerprint density at radius 1 is 0.608 bits per heavy atom. The normalized spacial score (nSPS) is 20.9. The SMILES string of the molecule is COC(=O)N[C@H](C(=O)N1CCCC1c1nc2ccc([C@H]3CC[C@H](c4ccc5nc([C@@H]6CCCN6C(=O)[C@@H](NC(=O)OC)C(C)C)[nH]c5c4)N3c3cc(F)c(N4CCC(c5cccc([Si](C)(C)C)c5)CC4)c(F)c3)cc2[nH]1)C(C)C. The van der Waals surface area contributed by atoms with Gasteiger partial charge in [-0.05, 0) is 122 Å². The number of piperidine rings is 1. The number of likely N-dealkylation sites (tertiary alicyclic amines) is 2. The number of hydrogen-bond acceptors (Lipinski definition) is 10. The van der Waals surface area contributed by atoms with Gasteiger partial charge in [-0.2, -0.15) is 0 Å². The minimum atomic E-state index is -1.52. The van der Waals surface area contributed by atoms with Crippen molar-refractivity contribution in [2.75, 3.05) is 50.2 Å². The first kappa shape index (κ1) is 55.3. The highest BCUT2D eigenvalue weighted by Crippen LogP contribution is 2.49. The van der Waals surface area contributed by atoms with Gasteiger partial charge in [-0.25, -0.2) is 28.3 Å². The van der Waals surface area contributed by atoms with Crippen LogP contribution in [0.15, 0.2) is 72.8 Å². The predicted molar refractivity (Wildman–Crippen MR) is 305 cm³/mol. The molecule has 6 aromatic rings. The van der Waals surface area contributed by atoms with Gasteiger partial charge in [0.15, 0.2) is 11.6 Å². The number of nitrogens with one attached hydrogen (secondary N) is 4. The maximum absolute atomic E-state index is 17.0. The number of aromatic amines is 2. The Hall–Kier alpha value is -7.02. The third kappa shape index (κ3) is 11.2. The van der Waals surface area contributed by atoms with E-state index in [0.717, 1.165) is 58.9 Å². The first-order valence-electron chi connectivity index (χ1n) is 28.2. The highest BCUT2D eigenvalue weighted by atomic mass is 28.3. The van der Waals surface area contributed by atoms with Crippen LogP contribution >= 0.6 is 0 Å². The number of nitrogens with zero attached hydrogens (tertiary/aromatic N) is 6. The van der Waals surface area contributed by atoms with Gasteiger partial charge in [-0.3, -0.25) is 9.59 Å². The summed E-state index contributed by atoms with van der Waals surface area (Å²) in [7, 11) is 1.04. The molecule has 6 heterocycles. The van der Waals surface area contributed by atoms with Crippen molar-refractivity contribution in [2.24, 2.45) is 11.8 Å². The Morgan fingerprint density at radius 3 is 1.53 bits per heavy atom. The molecule has 6 atom stereocenters. The van der Waals surface area contributed by atoms with Crippen LogP contribution in [0.4, 0.5) is 29.7 Å². The van der Waals surface area contributed by atoms with Crippen LogP contribution in [-0.4, -0.2) is 114 Å². The van der Waals surface area contributed by atoms with Crippen LogP contribution in [0.25, 0.3) is 22.1 Å². The number of methoxy groups -OCH3 is 2. The molecule has 0 bridgehead atoms. The molecule has 4 aliphatic rings. The lowest BCUT2D eigenvalue weighted by Gasteiger charge is -2.36. The van der Waals surface area contributed by atoms with Crippen LogP contribution in [0, 0.1) is 23.5 Å². The predicted octanol–water partition coefficient (Wildman–Crippen LogP) is 10.8. The Morgan fingerprint density at radius 2 is 1.09 bits per heavy atom. The number of carbonyl (C=O) groups is 4. The summed E-state index contributed by atoms with van der Waals surface area (Å²) in [5.41, 5.74) is 6.62. The largest absolute Gasteiger partial charge is 0.453 e. The van der Waals surface area contributed by atoms with Crippen molar-refractivity contribution in [3.63, 3.8) is 0 Å². The van der Waals surface area contributed by atoms with Crippen molar-refractivity contribution in [1.82, 2.24) is 40.4 Å². The molecule has 0 radical (unpaired) electrons. The molecule has 0 aliphatic carbocycles. The van der Waals surface area contributed by atoms with Gasteiger partial charge in [0, 0.05) is 31.9 Å². The van der Waals surface area contributed by atoms with Crippen molar-refractivity contribution in [1.29, 1.82) is 0 Å². The zero-order valence-electron chi connectivity index (χ0n) is 47.0. The van der Waals surface area contributed by atoms with Gasteiger partial charge < -0.3 is 49.7 Å². The summed E-state index contributed by atoms with van der Waals surface area (Å²) in [5, 5.41) is 6.86. The second kappa shape index (κ2) is 22.6. The van der Waals surface area contributed by atoms with Crippen molar-refractivity contribution in [2.45, 2.75) is 141 Å². The third-order valence-corrected chi connectivity index (χ3v) is 19.1. The Labute approximate surface area is 462 Å². The van der Waals surface area contributed by atoms with Gasteiger partial charge >= 0.3 is 12.2 Å². The van der Waals surface area contributed by atoms with Gasteiger partial charge in [-0.1, -0.05) is 88.9 Å². The first-order valence-corrected chi connectivity index (χ1v) is 31.7. The van der Waals surface area contributed by atoms with Crippen LogP contribution in [-0.2, 0) is 19.1 Å². The lowest BCUT2D eigenvalue weighted by Crippen LogP contribution is -2.51. The number of rotatable bonds is 14. The van der Waals surface area contributed by atoms with E-state index in [-0.39, 0.29) is 53.5 Å². The van der Waals surface area contributed by atoms with Gasteiger partial charge in [-0.15, -0.1) is 0 Å². The van der Waals surface area contributed by atoms with E-state index in [1.807, 2.05) is 56.9 Å². The highest BCUT2D eigenvalue weighted by molar-refractivity contribution is 6.88. The zero-order valence-corrected chi connectivity index (χ0v) is 48.0. The molecular formula is C60H76F2N10O6Si. The number of ether oxygens (including phenoxy) is 2. The van der Waals surface area contributed by atoms with Crippen LogP contribution in [0.5, 0.6) is 0 Å². The lowest BCUT2D eigenvalue weighted by molar-refractivity contribution is -0.136. The maximum atomic E-state index is 17.0. The summed E-state index contributed by atoms with van der Waals surface area (Å²) in [5.74, 6) is -0.329. The molecule has 1 unspecified atom stereocenters. The molecule has 420 valence electrons. The number of H-pyrrole nitrogens is 2. The quantitative estimate of drug-likeness (QED) is 0.0767. The molecule has 79 heavy (non-hydrogen) atoms. The molecule has 4 fully saturated rings. The molecule has 10 rings (SSSR count). The summed E-state index contributed by atoms with van der Waals surface area (Å²) >= 11 is 0. The molecule has 4 aromatic carbocycles. The van der Waals surface area contributed by atoms with Crippen molar-refractivity contribution in [3.8, 4) is 0 Å². The zero-order chi connectivity index (χ0) is 56.0. The monoisotopic (exact) mass is 1100 g/mol. The molecular weight excluding hydrogens is 1020 g/mol. The van der Waals surface area contributed by atoms with Gasteiger partial charge in [0.05, 0.1) is 68.5 Å². The lowest BCUT2D eigenvalue weighted by atomic mass is 9.89. The summed E-state index contributed by atoms with van der Waals surface area (Å²) in [6.07, 6.45) is 4.55. The number of amides is 4. The number of hydrogen-bond donors (Lipinski definition) is 4. The van der Waals surface area contributed by atoms with Crippen molar-refractivity contribution in [3.05, 3.63) is 113 Å². The topological polar surface area (TPSA) is 181 Å². The fourth-order valence-corrected chi connectivity index (χ4v) is 13.9. The van der Waals surface area contributed by atoms with Crippen molar-refractivity contribution >= 4 is 70.7 Å². The van der Waals surface area contributed by atoms with Gasteiger partial charge in [0.25, 0.3) is 0 Å². The van der Waals surface area contributed by atoms with Crippen LogP contribution in [0.3, 0.4) is 0 Å². The summed E-state index contributed by atoms with van der Waals surface area (Å²) < 4.78 is 43.7. The van der Waals surface area contributed by atoms with E-state index in [4.69, 9.17) is 19.4 Å². The minimum Gasteiger partial charge on any atom is -0.453 e. The average molecular weight is 1100 g/mol. The van der Waals surface area contributed by atoms with Crippen LogP contribution in [0.2, 0.25) is 19.6 Å². The summed E-state index contributed by atoms with van der Waals surface area (Å²) in [6.45, 7) is 16.7. The number of anilines is 2. The van der Waals surface area contributed by atoms with E-state index in [1.54, 1.807) is 9.80 Å². The van der Waals surface area contributed by atoms with E-state index in [9.17, 15) is 19.2 Å². The number of fused-ring (bicyclic) bond motifs is 2. The molecule has 0 saturated carbocycles. The third-order valence-electron chi connectivity index (χ3n) is 17.0. The van der Waals surface area contributed by atoms with E-state index in [0.29, 0.717) is 75.1 Å². The molecule has 4 saturated heterocycles. The molecule has 2 aromatic heterocycles. The number of alkyl carbamates (subject to hydrolysis) is 2. The second-order valence-corrected chi connectivity index (χ2v) is 28.9.